The molecule has 1 aromatic rings. The Morgan fingerprint density at radius 3 is 2.73 bits per heavy atom. The van der Waals surface area contributed by atoms with Crippen molar-refractivity contribution in [3.8, 4) is 5.75 Å². The lowest BCUT2D eigenvalue weighted by molar-refractivity contribution is -0.122. The molecule has 7 heteroatoms. The quantitative estimate of drug-likeness (QED) is 0.732. The summed E-state index contributed by atoms with van der Waals surface area (Å²) in [5, 5.41) is 3.21. The van der Waals surface area contributed by atoms with Crippen molar-refractivity contribution >= 4 is 29.1 Å². The van der Waals surface area contributed by atoms with Crippen LogP contribution < -0.4 is 21.5 Å². The Bertz CT molecular complexity index is 592. The third kappa shape index (κ3) is 3.62. The number of anilines is 1. The molecule has 0 aromatic heterocycles. The van der Waals surface area contributed by atoms with Crippen molar-refractivity contribution in [2.75, 3.05) is 12.8 Å². The minimum Gasteiger partial charge on any atom is -0.496 e. The number of benzene rings is 1. The van der Waals surface area contributed by atoms with Crippen LogP contribution in [0.4, 0.5) is 5.69 Å². The minimum absolute atomic E-state index is 0.0835. The summed E-state index contributed by atoms with van der Waals surface area (Å²) in [7, 11) is 1.46. The molecule has 1 fully saturated rings. The summed E-state index contributed by atoms with van der Waals surface area (Å²) in [6.07, 6.45) is 3.02. The fourth-order valence-electron chi connectivity index (χ4n) is 2.76. The van der Waals surface area contributed by atoms with Gasteiger partial charge in [0.2, 0.25) is 5.91 Å². The zero-order valence-electron chi connectivity index (χ0n) is 12.4. The van der Waals surface area contributed by atoms with Gasteiger partial charge in [-0.15, -0.1) is 0 Å². The monoisotopic (exact) mass is 325 g/mol. The fourth-order valence-corrected chi connectivity index (χ4v) is 2.92. The molecular weight excluding hydrogens is 306 g/mol. The molecule has 6 nitrogen and oxygen atoms in total. The van der Waals surface area contributed by atoms with E-state index in [-0.39, 0.29) is 23.8 Å². The number of hydrogen-bond donors (Lipinski definition) is 3. The summed E-state index contributed by atoms with van der Waals surface area (Å²) >= 11 is 5.97. The number of methoxy groups -OCH3 is 1. The van der Waals surface area contributed by atoms with Crippen LogP contribution in [0.5, 0.6) is 5.75 Å². The summed E-state index contributed by atoms with van der Waals surface area (Å²) in [6, 6.07) is 2.92. The van der Waals surface area contributed by atoms with Crippen LogP contribution in [-0.2, 0) is 4.79 Å². The molecule has 1 saturated carbocycles. The summed E-state index contributed by atoms with van der Waals surface area (Å²) in [4.78, 5) is 23.7. The van der Waals surface area contributed by atoms with E-state index < -0.39 is 0 Å². The van der Waals surface area contributed by atoms with Gasteiger partial charge in [-0.25, -0.2) is 0 Å². The third-order valence-corrected chi connectivity index (χ3v) is 4.30. The third-order valence-electron chi connectivity index (χ3n) is 3.98. The van der Waals surface area contributed by atoms with Gasteiger partial charge in [-0.1, -0.05) is 18.0 Å². The summed E-state index contributed by atoms with van der Waals surface area (Å²) in [5.41, 5.74) is 11.7. The predicted octanol–water partition coefficient (Wildman–Crippen LogP) is 1.70. The number of nitrogens with two attached hydrogens (primary N) is 2. The Balaban J connectivity index is 2.12. The maximum atomic E-state index is 12.4. The number of nitrogen functional groups attached to an aromatic ring is 1. The Morgan fingerprint density at radius 1 is 1.36 bits per heavy atom. The van der Waals surface area contributed by atoms with E-state index in [9.17, 15) is 9.59 Å². The van der Waals surface area contributed by atoms with E-state index in [1.807, 2.05) is 0 Å². The zero-order valence-corrected chi connectivity index (χ0v) is 13.2. The average molecular weight is 326 g/mol. The smallest absolute Gasteiger partial charge is 0.255 e. The molecular formula is C15H20ClN3O3. The first-order valence-corrected chi connectivity index (χ1v) is 7.53. The van der Waals surface area contributed by atoms with Gasteiger partial charge < -0.3 is 21.5 Å². The molecule has 2 unspecified atom stereocenters. The first kappa shape index (κ1) is 16.4. The van der Waals surface area contributed by atoms with Crippen LogP contribution >= 0.6 is 11.6 Å². The number of primary amides is 1. The van der Waals surface area contributed by atoms with Gasteiger partial charge in [0.1, 0.15) is 5.75 Å². The van der Waals surface area contributed by atoms with Crippen molar-refractivity contribution in [1.29, 1.82) is 0 Å². The SMILES string of the molecule is COc1cc(N)c(Cl)cc1C(=O)NC1CCCC(C(N)=O)C1. The molecule has 0 spiro atoms. The summed E-state index contributed by atoms with van der Waals surface area (Å²) in [5.74, 6) is -0.432. The number of rotatable bonds is 4. The van der Waals surface area contributed by atoms with Crippen LogP contribution in [-0.4, -0.2) is 25.0 Å². The summed E-state index contributed by atoms with van der Waals surface area (Å²) in [6.45, 7) is 0. The predicted molar refractivity (Wildman–Crippen MR) is 84.8 cm³/mol. The molecule has 0 heterocycles. The van der Waals surface area contributed by atoms with Gasteiger partial charge >= 0.3 is 0 Å². The first-order valence-electron chi connectivity index (χ1n) is 7.15. The standard InChI is InChI=1S/C15H20ClN3O3/c1-22-13-7-12(17)11(16)6-10(13)15(21)19-9-4-2-3-8(5-9)14(18)20/h6-9H,2-5,17H2,1H3,(H2,18,20)(H,19,21). The molecule has 1 aromatic carbocycles. The van der Waals surface area contributed by atoms with Crippen LogP contribution in [0.2, 0.25) is 5.02 Å². The van der Waals surface area contributed by atoms with E-state index in [0.717, 1.165) is 19.3 Å². The number of ether oxygens (including phenoxy) is 1. The van der Waals surface area contributed by atoms with E-state index >= 15 is 0 Å². The molecule has 0 aliphatic heterocycles. The molecule has 0 radical (unpaired) electrons. The van der Waals surface area contributed by atoms with Gasteiger partial charge in [-0.2, -0.15) is 0 Å². The van der Waals surface area contributed by atoms with Gasteiger partial charge in [0, 0.05) is 18.0 Å². The van der Waals surface area contributed by atoms with Crippen LogP contribution in [0.15, 0.2) is 12.1 Å². The number of hydrogen-bond acceptors (Lipinski definition) is 4. The average Bonchev–Trinajstić information content (AvgIpc) is 2.49. The van der Waals surface area contributed by atoms with Gasteiger partial charge in [0.15, 0.2) is 0 Å². The molecule has 2 atom stereocenters. The Labute approximate surface area is 134 Å². The van der Waals surface area contributed by atoms with Crippen molar-refractivity contribution in [2.24, 2.45) is 11.7 Å². The number of amides is 2. The van der Waals surface area contributed by atoms with Crippen molar-refractivity contribution in [1.82, 2.24) is 5.32 Å². The Hall–Kier alpha value is -1.95. The molecule has 2 amide bonds. The van der Waals surface area contributed by atoms with Crippen LogP contribution in [0, 0.1) is 5.92 Å². The second-order valence-electron chi connectivity index (χ2n) is 5.51. The lowest BCUT2D eigenvalue weighted by atomic mass is 9.85. The fraction of sp³-hybridized carbons (Fsp3) is 0.467. The van der Waals surface area contributed by atoms with Crippen molar-refractivity contribution in [3.05, 3.63) is 22.7 Å². The van der Waals surface area contributed by atoms with Crippen LogP contribution in [0.1, 0.15) is 36.0 Å². The second-order valence-corrected chi connectivity index (χ2v) is 5.92. The molecule has 0 bridgehead atoms. The van der Waals surface area contributed by atoms with Gasteiger partial charge in [-0.05, 0) is 25.3 Å². The van der Waals surface area contributed by atoms with Crippen molar-refractivity contribution in [2.45, 2.75) is 31.7 Å². The highest BCUT2D eigenvalue weighted by atomic mass is 35.5. The van der Waals surface area contributed by atoms with Gasteiger partial charge in [-0.3, -0.25) is 9.59 Å². The van der Waals surface area contributed by atoms with Crippen LogP contribution in [0.25, 0.3) is 0 Å². The number of carbonyl (C=O) groups excluding carboxylic acids is 2. The largest absolute Gasteiger partial charge is 0.496 e. The van der Waals surface area contributed by atoms with Crippen LogP contribution in [0.3, 0.4) is 0 Å². The van der Waals surface area contributed by atoms with E-state index in [2.05, 4.69) is 5.32 Å². The normalized spacial score (nSPS) is 21.2. The Morgan fingerprint density at radius 2 is 2.09 bits per heavy atom. The maximum absolute atomic E-state index is 12.4. The Kier molecular flexibility index (Phi) is 5.13. The van der Waals surface area contributed by atoms with E-state index in [4.69, 9.17) is 27.8 Å². The first-order chi connectivity index (χ1) is 10.4. The number of carbonyl (C=O) groups is 2. The molecule has 1 aliphatic rings. The minimum atomic E-state index is -0.313. The van der Waals surface area contributed by atoms with E-state index in [0.29, 0.717) is 28.4 Å². The number of halogens is 1. The highest BCUT2D eigenvalue weighted by molar-refractivity contribution is 6.33. The highest BCUT2D eigenvalue weighted by Crippen LogP contribution is 2.30. The second kappa shape index (κ2) is 6.87. The molecule has 5 N–H and O–H groups in total. The zero-order chi connectivity index (χ0) is 16.3. The number of nitrogens with one attached hydrogen (secondary N) is 1. The molecule has 22 heavy (non-hydrogen) atoms. The lowest BCUT2D eigenvalue weighted by Gasteiger charge is -2.28. The van der Waals surface area contributed by atoms with Gasteiger partial charge in [0.05, 0.1) is 23.4 Å². The topological polar surface area (TPSA) is 107 Å². The van der Waals surface area contributed by atoms with Gasteiger partial charge in [0.25, 0.3) is 5.91 Å². The van der Waals surface area contributed by atoms with Crippen molar-refractivity contribution < 1.29 is 14.3 Å². The molecule has 120 valence electrons. The van der Waals surface area contributed by atoms with E-state index in [1.54, 1.807) is 0 Å². The molecule has 0 saturated heterocycles. The molecule has 2 rings (SSSR count). The van der Waals surface area contributed by atoms with E-state index in [1.165, 1.54) is 19.2 Å². The molecule has 1 aliphatic carbocycles. The highest BCUT2D eigenvalue weighted by Gasteiger charge is 2.27. The lowest BCUT2D eigenvalue weighted by Crippen LogP contribution is -2.41. The summed E-state index contributed by atoms with van der Waals surface area (Å²) < 4.78 is 5.18. The van der Waals surface area contributed by atoms with Crippen molar-refractivity contribution in [3.63, 3.8) is 0 Å². The maximum Gasteiger partial charge on any atom is 0.255 e.